The molecule has 0 atom stereocenters. The van der Waals surface area contributed by atoms with Crippen molar-refractivity contribution >= 4 is 17.6 Å². The number of halogens is 1. The zero-order chi connectivity index (χ0) is 16.3. The fourth-order valence-electron chi connectivity index (χ4n) is 2.00. The normalized spacial score (nSPS) is 10.4. The van der Waals surface area contributed by atoms with E-state index in [4.69, 9.17) is 21.1 Å². The van der Waals surface area contributed by atoms with Crippen LogP contribution in [-0.4, -0.2) is 20.9 Å². The van der Waals surface area contributed by atoms with Crippen LogP contribution in [0.15, 0.2) is 12.1 Å². The van der Waals surface area contributed by atoms with Crippen LogP contribution in [0.2, 0.25) is 5.28 Å². The topological polar surface area (TPSA) is 74.2 Å². The molecule has 0 saturated heterocycles. The lowest BCUT2D eigenvalue weighted by atomic mass is 10.1. The van der Waals surface area contributed by atoms with Crippen LogP contribution in [0.5, 0.6) is 17.8 Å². The average molecular weight is 322 g/mol. The molecule has 22 heavy (non-hydrogen) atoms. The summed E-state index contributed by atoms with van der Waals surface area (Å²) in [6.07, 6.45) is 0.204. The minimum atomic E-state index is -0.462. The number of esters is 1. The third kappa shape index (κ3) is 3.92. The Morgan fingerprint density at radius 3 is 2.27 bits per heavy atom. The number of rotatable bonds is 4. The molecule has 1 heterocycles. The van der Waals surface area contributed by atoms with Crippen molar-refractivity contribution in [3.8, 4) is 17.8 Å². The molecule has 0 amide bonds. The first-order valence-corrected chi connectivity index (χ1v) is 7.14. The van der Waals surface area contributed by atoms with E-state index in [0.717, 1.165) is 16.7 Å². The molecule has 0 spiro atoms. The van der Waals surface area contributed by atoms with E-state index in [1.54, 1.807) is 6.92 Å². The van der Waals surface area contributed by atoms with E-state index >= 15 is 0 Å². The second-order valence-corrected chi connectivity index (χ2v) is 5.17. The molecule has 0 radical (unpaired) electrons. The van der Waals surface area contributed by atoms with Crippen LogP contribution in [-0.2, 0) is 4.79 Å². The molecule has 2 aromatic rings. The molecule has 0 aliphatic rings. The summed E-state index contributed by atoms with van der Waals surface area (Å²) in [5.74, 6) is 0.177. The fraction of sp³-hybridized carbons (Fsp3) is 0.333. The predicted molar refractivity (Wildman–Crippen MR) is 81.5 cm³/mol. The third-order valence-corrected chi connectivity index (χ3v) is 3.03. The molecule has 1 aromatic carbocycles. The summed E-state index contributed by atoms with van der Waals surface area (Å²) in [6, 6.07) is 3.78. The Hall–Kier alpha value is -2.21. The van der Waals surface area contributed by atoms with Crippen LogP contribution in [0.3, 0.4) is 0 Å². The Bertz CT molecular complexity index is 696. The highest BCUT2D eigenvalue weighted by Crippen LogP contribution is 2.29. The van der Waals surface area contributed by atoms with Gasteiger partial charge in [0, 0.05) is 6.42 Å². The number of aromatic nitrogens is 3. The van der Waals surface area contributed by atoms with Crippen LogP contribution in [0, 0.1) is 20.8 Å². The van der Waals surface area contributed by atoms with Gasteiger partial charge >= 0.3 is 18.0 Å². The lowest BCUT2D eigenvalue weighted by molar-refractivity contribution is -0.134. The van der Waals surface area contributed by atoms with Crippen molar-refractivity contribution in [3.05, 3.63) is 34.1 Å². The predicted octanol–water partition coefficient (Wildman–Crippen LogP) is 3.56. The highest BCUT2D eigenvalue weighted by molar-refractivity contribution is 6.28. The first kappa shape index (κ1) is 16.2. The van der Waals surface area contributed by atoms with Crippen LogP contribution in [0.4, 0.5) is 0 Å². The van der Waals surface area contributed by atoms with Crippen molar-refractivity contribution in [2.75, 3.05) is 0 Å². The molecule has 1 aromatic heterocycles. The largest absolute Gasteiger partial charge is 0.424 e. The van der Waals surface area contributed by atoms with Crippen molar-refractivity contribution in [1.29, 1.82) is 0 Å². The van der Waals surface area contributed by atoms with Crippen molar-refractivity contribution in [2.45, 2.75) is 34.1 Å². The molecule has 0 bridgehead atoms. The smallest absolute Gasteiger partial charge is 0.331 e. The summed E-state index contributed by atoms with van der Waals surface area (Å²) >= 11 is 5.81. The highest BCUT2D eigenvalue weighted by Gasteiger charge is 2.13. The summed E-state index contributed by atoms with van der Waals surface area (Å²) in [5, 5.41) is -0.105. The maximum atomic E-state index is 11.3. The summed E-state index contributed by atoms with van der Waals surface area (Å²) in [4.78, 5) is 22.9. The van der Waals surface area contributed by atoms with Crippen LogP contribution < -0.4 is 9.47 Å². The minimum Gasteiger partial charge on any atom is -0.424 e. The Morgan fingerprint density at radius 2 is 1.68 bits per heavy atom. The van der Waals surface area contributed by atoms with E-state index in [-0.39, 0.29) is 23.7 Å². The van der Waals surface area contributed by atoms with E-state index in [1.165, 1.54) is 0 Å². The van der Waals surface area contributed by atoms with Gasteiger partial charge in [-0.25, -0.2) is 0 Å². The minimum absolute atomic E-state index is 0.0195. The van der Waals surface area contributed by atoms with E-state index in [0.29, 0.717) is 5.75 Å². The van der Waals surface area contributed by atoms with E-state index in [9.17, 15) is 4.79 Å². The molecule has 2 rings (SSSR count). The van der Waals surface area contributed by atoms with Gasteiger partial charge in [-0.2, -0.15) is 9.97 Å². The summed E-state index contributed by atoms with van der Waals surface area (Å²) in [7, 11) is 0. The van der Waals surface area contributed by atoms with Crippen LogP contribution >= 0.6 is 11.6 Å². The third-order valence-electron chi connectivity index (χ3n) is 2.86. The van der Waals surface area contributed by atoms with Crippen LogP contribution in [0.1, 0.15) is 30.0 Å². The average Bonchev–Trinajstić information content (AvgIpc) is 2.42. The molecule has 0 aliphatic carbocycles. The SMILES string of the molecule is CCC(=O)Oc1nc(Cl)nc(Oc2c(C)cc(C)cc2C)n1. The molecule has 116 valence electrons. The van der Waals surface area contributed by atoms with Gasteiger partial charge in [-0.15, -0.1) is 4.98 Å². The number of hydrogen-bond donors (Lipinski definition) is 0. The van der Waals surface area contributed by atoms with Gasteiger partial charge in [0.1, 0.15) is 5.75 Å². The number of carbonyl (C=O) groups excluding carboxylic acids is 1. The first-order valence-electron chi connectivity index (χ1n) is 6.77. The molecule has 6 nitrogen and oxygen atoms in total. The molecule has 0 aliphatic heterocycles. The lowest BCUT2D eigenvalue weighted by Gasteiger charge is -2.11. The molecule has 0 saturated carbocycles. The fourth-order valence-corrected chi connectivity index (χ4v) is 2.14. The number of aryl methyl sites for hydroxylation is 3. The van der Waals surface area contributed by atoms with Crippen molar-refractivity contribution < 1.29 is 14.3 Å². The van der Waals surface area contributed by atoms with Crippen molar-refractivity contribution in [2.24, 2.45) is 0 Å². The highest BCUT2D eigenvalue weighted by atomic mass is 35.5. The van der Waals surface area contributed by atoms with Gasteiger partial charge in [-0.05, 0) is 43.5 Å². The van der Waals surface area contributed by atoms with Gasteiger partial charge in [-0.3, -0.25) is 4.79 Å². The maximum absolute atomic E-state index is 11.3. The number of benzene rings is 1. The Balaban J connectivity index is 2.32. The van der Waals surface area contributed by atoms with E-state index in [2.05, 4.69) is 15.0 Å². The number of carbonyl (C=O) groups is 1. The van der Waals surface area contributed by atoms with Gasteiger partial charge in [0.25, 0.3) is 0 Å². The van der Waals surface area contributed by atoms with Gasteiger partial charge in [0.05, 0.1) is 0 Å². The Kier molecular flexibility index (Phi) is 4.92. The quantitative estimate of drug-likeness (QED) is 0.802. The van der Waals surface area contributed by atoms with E-state index in [1.807, 2.05) is 32.9 Å². The lowest BCUT2D eigenvalue weighted by Crippen LogP contribution is -2.09. The second kappa shape index (κ2) is 6.70. The summed E-state index contributed by atoms with van der Waals surface area (Å²) in [6.45, 7) is 7.53. The molecule has 0 unspecified atom stereocenters. The van der Waals surface area contributed by atoms with Crippen molar-refractivity contribution in [1.82, 2.24) is 15.0 Å². The molecule has 7 heteroatoms. The van der Waals surface area contributed by atoms with Gasteiger partial charge in [0.2, 0.25) is 5.28 Å². The first-order chi connectivity index (χ1) is 10.4. The zero-order valence-electron chi connectivity index (χ0n) is 12.8. The number of nitrogens with zero attached hydrogens (tertiary/aromatic N) is 3. The monoisotopic (exact) mass is 321 g/mol. The number of ether oxygens (including phenoxy) is 2. The molecular formula is C15H16ClN3O3. The molecule has 0 N–H and O–H groups in total. The molecular weight excluding hydrogens is 306 g/mol. The summed E-state index contributed by atoms with van der Waals surface area (Å²) < 4.78 is 10.6. The summed E-state index contributed by atoms with van der Waals surface area (Å²) in [5.41, 5.74) is 3.02. The van der Waals surface area contributed by atoms with Gasteiger partial charge < -0.3 is 9.47 Å². The van der Waals surface area contributed by atoms with Gasteiger partial charge in [-0.1, -0.05) is 24.6 Å². The van der Waals surface area contributed by atoms with E-state index < -0.39 is 5.97 Å². The Morgan fingerprint density at radius 1 is 1.09 bits per heavy atom. The second-order valence-electron chi connectivity index (χ2n) is 4.83. The number of hydrogen-bond acceptors (Lipinski definition) is 6. The maximum Gasteiger partial charge on any atom is 0.331 e. The van der Waals surface area contributed by atoms with Gasteiger partial charge in [0.15, 0.2) is 0 Å². The standard InChI is InChI=1S/C15H16ClN3O3/c1-5-11(20)21-14-17-13(16)18-15(19-14)22-12-9(3)6-8(2)7-10(12)4/h6-7H,5H2,1-4H3. The molecule has 0 fully saturated rings. The zero-order valence-corrected chi connectivity index (χ0v) is 13.6. The van der Waals surface area contributed by atoms with Crippen LogP contribution in [0.25, 0.3) is 0 Å². The van der Waals surface area contributed by atoms with Crippen molar-refractivity contribution in [3.63, 3.8) is 0 Å². The Labute approximate surface area is 133 Å².